The van der Waals surface area contributed by atoms with Crippen LogP contribution < -0.4 is 0 Å². The molecule has 0 aliphatic rings. The van der Waals surface area contributed by atoms with Crippen molar-refractivity contribution in [1.82, 2.24) is 14.5 Å². The van der Waals surface area contributed by atoms with Crippen LogP contribution in [0.3, 0.4) is 0 Å². The highest BCUT2D eigenvalue weighted by Crippen LogP contribution is 2.46. The van der Waals surface area contributed by atoms with Gasteiger partial charge in [0.1, 0.15) is 11.6 Å². The summed E-state index contributed by atoms with van der Waals surface area (Å²) < 4.78 is 324. The van der Waals surface area contributed by atoms with Crippen LogP contribution in [0.4, 0.5) is 0 Å². The Morgan fingerprint density at radius 3 is 1.84 bits per heavy atom. The van der Waals surface area contributed by atoms with Crippen molar-refractivity contribution in [1.29, 1.82) is 0 Å². The molecule has 0 amide bonds. The Morgan fingerprint density at radius 2 is 1.14 bits per heavy atom. The molecule has 2 heterocycles. The van der Waals surface area contributed by atoms with E-state index in [1.54, 1.807) is 0 Å². The van der Waals surface area contributed by atoms with E-state index in [1.807, 2.05) is 0 Å². The minimum atomic E-state index is -4.46. The van der Waals surface area contributed by atoms with Gasteiger partial charge in [-0.1, -0.05) is 177 Å². The Labute approximate surface area is 431 Å². The summed E-state index contributed by atoms with van der Waals surface area (Å²) in [6.07, 6.45) is 1.21. The van der Waals surface area contributed by atoms with E-state index < -0.39 is 189 Å². The SMILES string of the molecule is [2H]c1c([2H])c([2H])c(-c2cc(-c3cc(-c4c([2H])c([2H])c([2H])c([2H])c4[2H])ccn3)cc(-c3cccc4c3nc(-c3cc(C(C([2H])([2H])[2H])(C([2H])([2H])[2H])C([2H])([2H])[2H])cc(C(C([2H])([2H])[2H])(C([2H])([2H])[2H])C([2H])([2H])[2H])c3O)n4-c3ccc(C(C([2H])([2H])[2H])(C([2H])([2H])[2H])C([2H])([2H])[2H])cc3-c3ccccc3)c2)c([2H])c1[2H]. The molecule has 318 valence electrons. The molecule has 2 aromatic heterocycles. The van der Waals surface area contributed by atoms with Crippen LogP contribution >= 0.6 is 0 Å². The number of fused-ring (bicyclic) bond motifs is 1. The minimum Gasteiger partial charge on any atom is -0.507 e. The minimum absolute atomic E-state index is 0.00160. The highest BCUT2D eigenvalue weighted by Gasteiger charge is 2.30. The molecule has 4 heteroatoms. The number of aromatic nitrogens is 3. The van der Waals surface area contributed by atoms with Gasteiger partial charge in [-0.05, 0) is 115 Å². The molecule has 0 bridgehead atoms. The third kappa shape index (κ3) is 8.17. The molecule has 0 fully saturated rings. The first kappa shape index (κ1) is 17.2. The van der Waals surface area contributed by atoms with Crippen molar-refractivity contribution in [2.45, 2.75) is 77.9 Å². The molecule has 0 saturated carbocycles. The zero-order chi connectivity index (χ0) is 76.2. The van der Waals surface area contributed by atoms with E-state index in [0.29, 0.717) is 6.07 Å². The quantitative estimate of drug-likeness (QED) is 0.174. The molecule has 1 N–H and O–H groups in total. The van der Waals surface area contributed by atoms with Crippen molar-refractivity contribution in [2.75, 3.05) is 0 Å². The number of rotatable bonds is 7. The lowest BCUT2D eigenvalue weighted by molar-refractivity contribution is 0.446. The summed E-state index contributed by atoms with van der Waals surface area (Å²) in [5.74, 6) is -2.68. The summed E-state index contributed by atoms with van der Waals surface area (Å²) in [5.41, 5.74) is -20.7. The molecule has 64 heavy (non-hydrogen) atoms. The molecule has 0 saturated heterocycles. The maximum absolute atomic E-state index is 13.2. The van der Waals surface area contributed by atoms with E-state index in [0.717, 1.165) is 22.8 Å². The second-order valence-electron chi connectivity index (χ2n) is 14.9. The highest BCUT2D eigenvalue weighted by molar-refractivity contribution is 5.98. The molecule has 0 radical (unpaired) electrons. The van der Waals surface area contributed by atoms with Crippen LogP contribution in [0, 0.1) is 0 Å². The number of imidazole rings is 1. The fraction of sp³-hybridized carbons (Fsp3) is 0.200. The van der Waals surface area contributed by atoms with Crippen LogP contribution in [-0.4, -0.2) is 19.6 Å². The number of phenols is 1. The third-order valence-corrected chi connectivity index (χ3v) is 10.5. The van der Waals surface area contributed by atoms with E-state index in [4.69, 9.17) is 55.7 Å². The fourth-order valence-corrected chi connectivity index (χ4v) is 7.49. The van der Waals surface area contributed by atoms with Gasteiger partial charge < -0.3 is 5.11 Å². The summed E-state index contributed by atoms with van der Waals surface area (Å²) in [5, 5.41) is 13.2. The van der Waals surface area contributed by atoms with Crippen molar-refractivity contribution in [3.05, 3.63) is 193 Å². The van der Waals surface area contributed by atoms with Crippen molar-refractivity contribution in [3.8, 4) is 78.6 Å². The summed E-state index contributed by atoms with van der Waals surface area (Å²) in [6.45, 7) is -37.9. The molecular weight excluding hydrogens is 779 g/mol. The van der Waals surface area contributed by atoms with E-state index in [-0.39, 0.29) is 61.8 Å². The third-order valence-electron chi connectivity index (χ3n) is 10.5. The predicted octanol–water partition coefficient (Wildman–Crippen LogP) is 16.0. The Bertz CT molecular complexity index is 4600. The van der Waals surface area contributed by atoms with E-state index in [9.17, 15) is 5.11 Å². The Kier molecular flexibility index (Phi) is 4.36. The number of hydrogen-bond acceptors (Lipinski definition) is 3. The van der Waals surface area contributed by atoms with Gasteiger partial charge in [0.15, 0.2) is 0 Å². The molecular formula is C60H57N3O. The first-order valence-corrected chi connectivity index (χ1v) is 19.3. The van der Waals surface area contributed by atoms with Gasteiger partial charge in [0.25, 0.3) is 0 Å². The fourth-order valence-electron chi connectivity index (χ4n) is 7.49. The molecule has 9 aromatic rings. The first-order chi connectivity index (χ1) is 45.9. The van der Waals surface area contributed by atoms with E-state index in [1.165, 1.54) is 85.1 Å². The van der Waals surface area contributed by atoms with E-state index >= 15 is 0 Å². The molecule has 0 unspecified atom stereocenters. The number of aromatic hydroxyl groups is 1. The number of para-hydroxylation sites is 1. The molecule has 7 aromatic carbocycles. The topological polar surface area (TPSA) is 50.9 Å². The second kappa shape index (κ2) is 16.3. The van der Waals surface area contributed by atoms with Gasteiger partial charge in [0, 0.05) is 65.5 Å². The molecule has 0 aliphatic heterocycles. The smallest absolute Gasteiger partial charge is 0.149 e. The Balaban J connectivity index is 1.59. The number of benzene rings is 7. The van der Waals surface area contributed by atoms with Gasteiger partial charge in [0.2, 0.25) is 0 Å². The zero-order valence-electron chi connectivity index (χ0n) is 70.3. The van der Waals surface area contributed by atoms with Gasteiger partial charge in [-0.25, -0.2) is 4.98 Å². The van der Waals surface area contributed by atoms with Gasteiger partial charge in [0.05, 0.1) is 41.7 Å². The monoisotopic (exact) mass is 873 g/mol. The van der Waals surface area contributed by atoms with Crippen molar-refractivity contribution >= 4 is 11.0 Å². The summed E-state index contributed by atoms with van der Waals surface area (Å²) in [6, 6.07) is 13.4. The number of pyridine rings is 1. The zero-order valence-corrected chi connectivity index (χ0v) is 33.3. The van der Waals surface area contributed by atoms with Crippen LogP contribution in [0.2, 0.25) is 0 Å². The average Bonchev–Trinajstić information content (AvgIpc) is 1.20. The van der Waals surface area contributed by atoms with E-state index in [2.05, 4.69) is 4.98 Å². The normalized spacial score (nSPS) is 22.4. The number of nitrogens with zero attached hydrogens (tertiary/aromatic N) is 3. The predicted molar refractivity (Wildman–Crippen MR) is 269 cm³/mol. The molecule has 4 nitrogen and oxygen atoms in total. The maximum atomic E-state index is 13.2. The van der Waals surface area contributed by atoms with Crippen LogP contribution in [0.25, 0.3) is 83.9 Å². The first-order valence-electron chi connectivity index (χ1n) is 37.8. The van der Waals surface area contributed by atoms with Gasteiger partial charge in [-0.3, -0.25) is 9.55 Å². The van der Waals surface area contributed by atoms with Crippen molar-refractivity contribution in [3.63, 3.8) is 0 Å². The maximum Gasteiger partial charge on any atom is 0.149 e. The van der Waals surface area contributed by atoms with Crippen molar-refractivity contribution < 1.29 is 55.8 Å². The van der Waals surface area contributed by atoms with Gasteiger partial charge in [-0.15, -0.1) is 0 Å². The average molecular weight is 873 g/mol. The summed E-state index contributed by atoms with van der Waals surface area (Å²) in [4.78, 5) is 9.45. The number of phenolic OH excluding ortho intramolecular Hbond substituents is 1. The number of hydrogen-bond donors (Lipinski definition) is 1. The van der Waals surface area contributed by atoms with Crippen LogP contribution in [0.1, 0.15) is 129 Å². The molecule has 9 rings (SSSR count). The second-order valence-corrected chi connectivity index (χ2v) is 14.9. The van der Waals surface area contributed by atoms with Gasteiger partial charge in [-0.2, -0.15) is 0 Å². The lowest BCUT2D eigenvalue weighted by Crippen LogP contribution is -2.17. The Morgan fingerprint density at radius 1 is 0.500 bits per heavy atom. The van der Waals surface area contributed by atoms with Gasteiger partial charge >= 0.3 is 0 Å². The lowest BCUT2D eigenvalue weighted by atomic mass is 9.79. The molecule has 0 aliphatic carbocycles. The summed E-state index contributed by atoms with van der Waals surface area (Å²) >= 11 is 0. The molecule has 0 atom stereocenters. The summed E-state index contributed by atoms with van der Waals surface area (Å²) in [7, 11) is 0. The largest absolute Gasteiger partial charge is 0.507 e. The Hall–Kier alpha value is -7.04. The lowest BCUT2D eigenvalue weighted by Gasteiger charge is -2.28. The van der Waals surface area contributed by atoms with Crippen molar-refractivity contribution in [2.24, 2.45) is 0 Å². The molecule has 0 spiro atoms. The highest BCUT2D eigenvalue weighted by atomic mass is 16.3. The van der Waals surface area contributed by atoms with Crippen LogP contribution in [0.15, 0.2) is 176 Å². The standard InChI is InChI=1S/C60H57N3O/c1-58(2,3)46-28-29-53(49(36-46)41-24-17-12-18-25-41)63-54-27-19-26-48(55(54)62-57(63)50-37-47(59(4,5)6)38-51(56(50)64)60(7,8)9)44-32-43(40-22-15-11-16-23-40)33-45(34-44)52-35-42(30-31-61-52)39-20-13-10-14-21-39/h10-38,64H,1-9H3/i1D3,2D3,3D3,4D3,5D3,6D3,7D3,8D3,9D3,10D,11D,13D,14D,15D,16D,20D,21D,22D,23D. The van der Waals surface area contributed by atoms with Crippen LogP contribution in [0.5, 0.6) is 5.75 Å². The van der Waals surface area contributed by atoms with Crippen LogP contribution in [-0.2, 0) is 16.2 Å².